The van der Waals surface area contributed by atoms with Crippen molar-refractivity contribution in [2.45, 2.75) is 13.1 Å². The smallest absolute Gasteiger partial charge is 0.319 e. The lowest BCUT2D eigenvalue weighted by atomic mass is 10.1. The number of carbonyl (C=O) groups is 1. The molecule has 0 spiro atoms. The van der Waals surface area contributed by atoms with Crippen molar-refractivity contribution in [3.8, 4) is 5.75 Å². The van der Waals surface area contributed by atoms with Gasteiger partial charge in [0.05, 0.1) is 7.11 Å². The van der Waals surface area contributed by atoms with Gasteiger partial charge in [-0.15, -0.1) is 0 Å². The first kappa shape index (κ1) is 19.2. The van der Waals surface area contributed by atoms with E-state index in [9.17, 15) is 4.79 Å². The number of nitrogens with one attached hydrogen (secondary N) is 2. The third-order valence-corrected chi connectivity index (χ3v) is 4.81. The number of benzene rings is 2. The fourth-order valence-corrected chi connectivity index (χ4v) is 3.09. The van der Waals surface area contributed by atoms with E-state index in [1.165, 1.54) is 5.56 Å². The van der Waals surface area contributed by atoms with Crippen molar-refractivity contribution in [2.24, 2.45) is 0 Å². The third-order valence-electron chi connectivity index (χ3n) is 4.81. The minimum atomic E-state index is -0.232. The van der Waals surface area contributed by atoms with Crippen molar-refractivity contribution in [1.29, 1.82) is 0 Å². The molecule has 6 heteroatoms. The van der Waals surface area contributed by atoms with E-state index in [1.54, 1.807) is 13.2 Å². The van der Waals surface area contributed by atoms with Crippen LogP contribution in [0, 0.1) is 0 Å². The Morgan fingerprint density at radius 2 is 1.74 bits per heavy atom. The molecule has 6 nitrogen and oxygen atoms in total. The first-order valence-corrected chi connectivity index (χ1v) is 9.30. The number of methoxy groups -OCH3 is 1. The lowest BCUT2D eigenvalue weighted by Crippen LogP contribution is -2.43. The Morgan fingerprint density at radius 3 is 2.44 bits per heavy atom. The van der Waals surface area contributed by atoms with Crippen molar-refractivity contribution < 1.29 is 9.53 Å². The summed E-state index contributed by atoms with van der Waals surface area (Å²) in [6.07, 6.45) is 0. The molecule has 1 aliphatic rings. The average Bonchev–Trinajstić information content (AvgIpc) is 2.69. The fraction of sp³-hybridized carbons (Fsp3) is 0.381. The molecule has 0 aliphatic carbocycles. The van der Waals surface area contributed by atoms with Crippen LogP contribution in [0.5, 0.6) is 5.75 Å². The zero-order chi connectivity index (χ0) is 19.1. The van der Waals surface area contributed by atoms with Crippen LogP contribution in [0.15, 0.2) is 48.5 Å². The van der Waals surface area contributed by atoms with Gasteiger partial charge in [0.1, 0.15) is 5.75 Å². The summed E-state index contributed by atoms with van der Waals surface area (Å²) < 4.78 is 5.16. The van der Waals surface area contributed by atoms with E-state index >= 15 is 0 Å². The lowest BCUT2D eigenvalue weighted by molar-refractivity contribution is 0.148. The van der Waals surface area contributed by atoms with Gasteiger partial charge < -0.3 is 20.3 Å². The molecule has 0 radical (unpaired) electrons. The number of nitrogens with zero attached hydrogens (tertiary/aromatic N) is 2. The molecule has 0 atom stereocenters. The van der Waals surface area contributed by atoms with E-state index in [-0.39, 0.29) is 6.03 Å². The van der Waals surface area contributed by atoms with Crippen LogP contribution in [0.4, 0.5) is 10.5 Å². The number of likely N-dealkylation sites (N-methyl/N-ethyl adjacent to an activating group) is 1. The maximum atomic E-state index is 12.1. The summed E-state index contributed by atoms with van der Waals surface area (Å²) >= 11 is 0. The fourth-order valence-electron chi connectivity index (χ4n) is 3.09. The van der Waals surface area contributed by atoms with Crippen molar-refractivity contribution >= 4 is 11.7 Å². The standard InChI is InChI=1S/C21H28N4O2/c1-24-10-12-25(13-11-24)16-18-8-6-17(7-9-18)15-22-21(26)23-19-4-3-5-20(14-19)27-2/h3-9,14H,10-13,15-16H2,1-2H3,(H2,22,23,26). The highest BCUT2D eigenvalue weighted by Gasteiger charge is 2.13. The Labute approximate surface area is 161 Å². The van der Waals surface area contributed by atoms with Gasteiger partial charge in [0.15, 0.2) is 0 Å². The van der Waals surface area contributed by atoms with Gasteiger partial charge in [0.2, 0.25) is 0 Å². The number of hydrogen-bond acceptors (Lipinski definition) is 4. The van der Waals surface area contributed by atoms with Crippen LogP contribution < -0.4 is 15.4 Å². The quantitative estimate of drug-likeness (QED) is 0.823. The molecule has 2 amide bonds. The number of amides is 2. The monoisotopic (exact) mass is 368 g/mol. The number of carbonyl (C=O) groups excluding carboxylic acids is 1. The number of anilines is 1. The Kier molecular flexibility index (Phi) is 6.68. The zero-order valence-corrected chi connectivity index (χ0v) is 16.1. The first-order chi connectivity index (χ1) is 13.1. The highest BCUT2D eigenvalue weighted by atomic mass is 16.5. The third kappa shape index (κ3) is 5.98. The van der Waals surface area contributed by atoms with Crippen LogP contribution in [0.2, 0.25) is 0 Å². The predicted molar refractivity (Wildman–Crippen MR) is 108 cm³/mol. The zero-order valence-electron chi connectivity index (χ0n) is 16.1. The molecule has 2 aromatic rings. The number of urea groups is 1. The highest BCUT2D eigenvalue weighted by molar-refractivity contribution is 5.89. The molecule has 0 bridgehead atoms. The number of rotatable bonds is 6. The SMILES string of the molecule is COc1cccc(NC(=O)NCc2ccc(CN3CCN(C)CC3)cc2)c1. The summed E-state index contributed by atoms with van der Waals surface area (Å²) in [6, 6.07) is 15.5. The van der Waals surface area contributed by atoms with Gasteiger partial charge in [-0.1, -0.05) is 30.3 Å². The van der Waals surface area contributed by atoms with Crippen molar-refractivity contribution in [1.82, 2.24) is 15.1 Å². The normalized spacial score (nSPS) is 15.3. The van der Waals surface area contributed by atoms with Gasteiger partial charge in [0.25, 0.3) is 0 Å². The van der Waals surface area contributed by atoms with Gasteiger partial charge >= 0.3 is 6.03 Å². The van der Waals surface area contributed by atoms with Crippen LogP contribution in [-0.2, 0) is 13.1 Å². The molecule has 144 valence electrons. The number of piperazine rings is 1. The van der Waals surface area contributed by atoms with E-state index in [4.69, 9.17) is 4.74 Å². The summed E-state index contributed by atoms with van der Waals surface area (Å²) in [4.78, 5) is 16.9. The lowest BCUT2D eigenvalue weighted by Gasteiger charge is -2.32. The Morgan fingerprint density at radius 1 is 1.04 bits per heavy atom. The Balaban J connectivity index is 1.44. The van der Waals surface area contributed by atoms with E-state index in [0.717, 1.165) is 38.3 Å². The highest BCUT2D eigenvalue weighted by Crippen LogP contribution is 2.16. The molecule has 0 aromatic heterocycles. The number of ether oxygens (including phenoxy) is 1. The first-order valence-electron chi connectivity index (χ1n) is 9.30. The van der Waals surface area contributed by atoms with Crippen molar-refractivity contribution in [3.63, 3.8) is 0 Å². The van der Waals surface area contributed by atoms with Gasteiger partial charge in [0, 0.05) is 51.0 Å². The minimum Gasteiger partial charge on any atom is -0.497 e. The van der Waals surface area contributed by atoms with Crippen LogP contribution in [0.3, 0.4) is 0 Å². The summed E-state index contributed by atoms with van der Waals surface area (Å²) in [5.74, 6) is 0.712. The molecule has 27 heavy (non-hydrogen) atoms. The van der Waals surface area contributed by atoms with Gasteiger partial charge in [-0.05, 0) is 30.3 Å². The summed E-state index contributed by atoms with van der Waals surface area (Å²) in [6.45, 7) is 5.96. The molecule has 2 aromatic carbocycles. The maximum absolute atomic E-state index is 12.1. The predicted octanol–water partition coefficient (Wildman–Crippen LogP) is 2.76. The van der Waals surface area contributed by atoms with Gasteiger partial charge in [-0.3, -0.25) is 4.90 Å². The Hall–Kier alpha value is -2.57. The largest absolute Gasteiger partial charge is 0.497 e. The summed E-state index contributed by atoms with van der Waals surface area (Å²) in [5, 5.41) is 5.70. The molecule has 1 aliphatic heterocycles. The second-order valence-electron chi connectivity index (χ2n) is 6.94. The molecular weight excluding hydrogens is 340 g/mol. The van der Waals surface area contributed by atoms with E-state index in [0.29, 0.717) is 18.0 Å². The van der Waals surface area contributed by atoms with Crippen LogP contribution in [0.25, 0.3) is 0 Å². The second-order valence-corrected chi connectivity index (χ2v) is 6.94. The topological polar surface area (TPSA) is 56.8 Å². The van der Waals surface area contributed by atoms with Crippen LogP contribution in [-0.4, -0.2) is 56.2 Å². The summed E-state index contributed by atoms with van der Waals surface area (Å²) in [7, 11) is 3.77. The Bertz CT molecular complexity index is 740. The van der Waals surface area contributed by atoms with Gasteiger partial charge in [-0.2, -0.15) is 0 Å². The minimum absolute atomic E-state index is 0.232. The van der Waals surface area contributed by atoms with Crippen LogP contribution in [0.1, 0.15) is 11.1 Å². The molecule has 1 fully saturated rings. The molecule has 0 unspecified atom stereocenters. The van der Waals surface area contributed by atoms with E-state index in [2.05, 4.69) is 51.7 Å². The van der Waals surface area contributed by atoms with Crippen molar-refractivity contribution in [3.05, 3.63) is 59.7 Å². The molecule has 0 saturated carbocycles. The van der Waals surface area contributed by atoms with Gasteiger partial charge in [-0.25, -0.2) is 4.79 Å². The number of hydrogen-bond donors (Lipinski definition) is 2. The average molecular weight is 368 g/mol. The molecule has 1 heterocycles. The van der Waals surface area contributed by atoms with Crippen LogP contribution >= 0.6 is 0 Å². The maximum Gasteiger partial charge on any atom is 0.319 e. The molecule has 3 rings (SSSR count). The summed E-state index contributed by atoms with van der Waals surface area (Å²) in [5.41, 5.74) is 3.09. The van der Waals surface area contributed by atoms with E-state index in [1.807, 2.05) is 18.2 Å². The molecule has 1 saturated heterocycles. The molecular formula is C21H28N4O2. The molecule has 2 N–H and O–H groups in total. The van der Waals surface area contributed by atoms with E-state index < -0.39 is 0 Å². The second kappa shape index (κ2) is 9.39. The van der Waals surface area contributed by atoms with Crippen molar-refractivity contribution in [2.75, 3.05) is 45.7 Å².